The van der Waals surface area contributed by atoms with Gasteiger partial charge in [0.25, 0.3) is 0 Å². The molecule has 0 saturated heterocycles. The second-order valence-corrected chi connectivity index (χ2v) is 5.17. The minimum atomic E-state index is 1.23. The summed E-state index contributed by atoms with van der Waals surface area (Å²) in [4.78, 5) is 2.50. The Morgan fingerprint density at radius 3 is 2.38 bits per heavy atom. The number of benzene rings is 2. The third kappa shape index (κ3) is 2.18. The van der Waals surface area contributed by atoms with Gasteiger partial charge in [-0.15, -0.1) is 0 Å². The molecular formula is C14H12S2. The molecule has 0 N–H and O–H groups in total. The van der Waals surface area contributed by atoms with Gasteiger partial charge in [0.15, 0.2) is 0 Å². The van der Waals surface area contributed by atoms with E-state index in [0.717, 1.165) is 0 Å². The Bertz CT molecular complexity index is 529. The molecule has 0 amide bonds. The first-order valence-electron chi connectivity index (χ1n) is 4.93. The van der Waals surface area contributed by atoms with E-state index in [9.17, 15) is 0 Å². The average Bonchev–Trinajstić information content (AvgIpc) is 2.32. The monoisotopic (exact) mass is 244 g/mol. The summed E-state index contributed by atoms with van der Waals surface area (Å²) in [6.07, 6.45) is 0. The summed E-state index contributed by atoms with van der Waals surface area (Å²) in [7, 11) is 0. The lowest BCUT2D eigenvalue weighted by Gasteiger charge is -2.08. The molecular weight excluding hydrogens is 232 g/mol. The van der Waals surface area contributed by atoms with Crippen LogP contribution < -0.4 is 0 Å². The van der Waals surface area contributed by atoms with Crippen LogP contribution in [0.15, 0.2) is 70.2 Å². The second-order valence-electron chi connectivity index (χ2n) is 3.18. The largest absolute Gasteiger partial charge is 0.0975 e. The van der Waals surface area contributed by atoms with E-state index >= 15 is 0 Å². The van der Waals surface area contributed by atoms with E-state index in [-0.39, 0.29) is 0 Å². The maximum atomic E-state index is 3.79. The zero-order chi connectivity index (χ0) is 11.4. The lowest BCUT2D eigenvalue weighted by atomic mass is 10.1. The first-order chi connectivity index (χ1) is 7.86. The van der Waals surface area contributed by atoms with Crippen molar-refractivity contribution in [2.24, 2.45) is 0 Å². The molecule has 0 aliphatic heterocycles. The van der Waals surface area contributed by atoms with Gasteiger partial charge >= 0.3 is 0 Å². The highest BCUT2D eigenvalue weighted by Crippen LogP contribution is 2.37. The zero-order valence-electron chi connectivity index (χ0n) is 8.85. The standard InChI is InChI=1S/C14H12S2/c1-3-15-13-10-9-11-7-5-6-8-12(11)14(13)16-4-2/h3-10H,1-2H2. The molecule has 16 heavy (non-hydrogen) atoms. The molecule has 0 spiro atoms. The van der Waals surface area contributed by atoms with E-state index in [1.165, 1.54) is 20.6 Å². The van der Waals surface area contributed by atoms with Crippen molar-refractivity contribution in [2.75, 3.05) is 0 Å². The first kappa shape index (κ1) is 11.4. The Labute approximate surface area is 104 Å². The van der Waals surface area contributed by atoms with Crippen LogP contribution >= 0.6 is 23.5 Å². The van der Waals surface area contributed by atoms with Crippen LogP contribution in [0.1, 0.15) is 0 Å². The van der Waals surface area contributed by atoms with Crippen LogP contribution in [0.5, 0.6) is 0 Å². The highest BCUT2D eigenvalue weighted by atomic mass is 32.2. The molecule has 80 valence electrons. The normalized spacial score (nSPS) is 10.2. The van der Waals surface area contributed by atoms with Crippen molar-refractivity contribution in [2.45, 2.75) is 9.79 Å². The van der Waals surface area contributed by atoms with Gasteiger partial charge < -0.3 is 0 Å². The van der Waals surface area contributed by atoms with Crippen LogP contribution in [-0.2, 0) is 0 Å². The Balaban J connectivity index is 2.67. The van der Waals surface area contributed by atoms with Crippen molar-refractivity contribution >= 4 is 34.3 Å². The fourth-order valence-corrected chi connectivity index (χ4v) is 3.11. The third-order valence-electron chi connectivity index (χ3n) is 2.25. The van der Waals surface area contributed by atoms with E-state index in [0.29, 0.717) is 0 Å². The molecule has 0 atom stereocenters. The van der Waals surface area contributed by atoms with Crippen molar-refractivity contribution in [3.63, 3.8) is 0 Å². The van der Waals surface area contributed by atoms with Gasteiger partial charge in [0.05, 0.1) is 0 Å². The van der Waals surface area contributed by atoms with Crippen LogP contribution in [-0.4, -0.2) is 0 Å². The molecule has 2 aromatic carbocycles. The van der Waals surface area contributed by atoms with Crippen molar-refractivity contribution in [1.29, 1.82) is 0 Å². The Kier molecular flexibility index (Phi) is 3.75. The van der Waals surface area contributed by atoms with Gasteiger partial charge in [-0.2, -0.15) is 0 Å². The van der Waals surface area contributed by atoms with Crippen LogP contribution in [0, 0.1) is 0 Å². The van der Waals surface area contributed by atoms with Gasteiger partial charge in [0.1, 0.15) is 0 Å². The zero-order valence-corrected chi connectivity index (χ0v) is 10.5. The lowest BCUT2D eigenvalue weighted by Crippen LogP contribution is -1.80. The number of hydrogen-bond acceptors (Lipinski definition) is 2. The highest BCUT2D eigenvalue weighted by molar-refractivity contribution is 8.05. The van der Waals surface area contributed by atoms with Gasteiger partial charge in [-0.3, -0.25) is 0 Å². The van der Waals surface area contributed by atoms with E-state index < -0.39 is 0 Å². The van der Waals surface area contributed by atoms with Crippen molar-refractivity contribution in [3.05, 3.63) is 60.4 Å². The molecule has 0 bridgehead atoms. The lowest BCUT2D eigenvalue weighted by molar-refractivity contribution is 1.31. The molecule has 0 aromatic heterocycles. The quantitative estimate of drug-likeness (QED) is 0.668. The first-order valence-corrected chi connectivity index (χ1v) is 6.69. The molecule has 0 heterocycles. The van der Waals surface area contributed by atoms with Crippen molar-refractivity contribution < 1.29 is 0 Å². The van der Waals surface area contributed by atoms with Gasteiger partial charge in [-0.25, -0.2) is 0 Å². The Morgan fingerprint density at radius 1 is 0.875 bits per heavy atom. The number of fused-ring (bicyclic) bond motifs is 1. The molecule has 0 unspecified atom stereocenters. The summed E-state index contributed by atoms with van der Waals surface area (Å²) < 4.78 is 0. The molecule has 2 rings (SSSR count). The van der Waals surface area contributed by atoms with Crippen LogP contribution in [0.25, 0.3) is 10.8 Å². The molecule has 0 radical (unpaired) electrons. The Hall–Kier alpha value is -1.12. The number of thioether (sulfide) groups is 2. The highest BCUT2D eigenvalue weighted by Gasteiger charge is 2.06. The average molecular weight is 244 g/mol. The summed E-state index contributed by atoms with van der Waals surface area (Å²) in [6, 6.07) is 12.7. The van der Waals surface area contributed by atoms with Gasteiger partial charge in [0, 0.05) is 9.79 Å². The third-order valence-corrected chi connectivity index (χ3v) is 3.99. The number of rotatable bonds is 4. The number of hydrogen-bond donors (Lipinski definition) is 0. The maximum Gasteiger partial charge on any atom is 0.0333 e. The van der Waals surface area contributed by atoms with Gasteiger partial charge in [-0.1, -0.05) is 67.0 Å². The molecule has 0 nitrogen and oxygen atoms in total. The molecule has 2 heteroatoms. The molecule has 0 aliphatic rings. The van der Waals surface area contributed by atoms with E-state index in [1.54, 1.807) is 23.5 Å². The second kappa shape index (κ2) is 5.28. The van der Waals surface area contributed by atoms with Gasteiger partial charge in [-0.05, 0) is 27.7 Å². The van der Waals surface area contributed by atoms with Crippen LogP contribution in [0.2, 0.25) is 0 Å². The topological polar surface area (TPSA) is 0 Å². The van der Waals surface area contributed by atoms with E-state index in [1.807, 2.05) is 10.8 Å². The van der Waals surface area contributed by atoms with Gasteiger partial charge in [0.2, 0.25) is 0 Å². The smallest absolute Gasteiger partial charge is 0.0333 e. The minimum Gasteiger partial charge on any atom is -0.0975 e. The summed E-state index contributed by atoms with van der Waals surface area (Å²) in [5.41, 5.74) is 0. The summed E-state index contributed by atoms with van der Waals surface area (Å²) in [5.74, 6) is 0. The van der Waals surface area contributed by atoms with E-state index in [4.69, 9.17) is 0 Å². The SMILES string of the molecule is C=CSc1ccc2ccccc2c1SC=C. The van der Waals surface area contributed by atoms with Crippen molar-refractivity contribution in [3.8, 4) is 0 Å². The molecule has 2 aromatic rings. The fourth-order valence-electron chi connectivity index (χ4n) is 1.61. The summed E-state index contributed by atoms with van der Waals surface area (Å²) >= 11 is 3.32. The van der Waals surface area contributed by atoms with E-state index in [2.05, 4.69) is 49.6 Å². The molecule has 0 aliphatic carbocycles. The van der Waals surface area contributed by atoms with Crippen LogP contribution in [0.4, 0.5) is 0 Å². The van der Waals surface area contributed by atoms with Crippen molar-refractivity contribution in [1.82, 2.24) is 0 Å². The Morgan fingerprint density at radius 2 is 1.62 bits per heavy atom. The predicted octanol–water partition coefficient (Wildman–Crippen LogP) is 5.31. The fraction of sp³-hybridized carbons (Fsp3) is 0. The predicted molar refractivity (Wildman–Crippen MR) is 76.1 cm³/mol. The summed E-state index contributed by atoms with van der Waals surface area (Å²) in [6.45, 7) is 7.56. The van der Waals surface area contributed by atoms with Crippen LogP contribution in [0.3, 0.4) is 0 Å². The molecule has 0 saturated carbocycles. The summed E-state index contributed by atoms with van der Waals surface area (Å²) in [5, 5.41) is 6.27. The maximum absolute atomic E-state index is 3.79. The molecule has 0 fully saturated rings. The minimum absolute atomic E-state index is 1.23.